The second kappa shape index (κ2) is 16.6. The smallest absolute Gasteiger partial charge is 0.407 e. The lowest BCUT2D eigenvalue weighted by Gasteiger charge is -2.20. The van der Waals surface area contributed by atoms with Crippen molar-refractivity contribution in [2.75, 3.05) is 26.7 Å². The lowest BCUT2D eigenvalue weighted by atomic mass is 10.0. The zero-order chi connectivity index (χ0) is 26.1. The topological polar surface area (TPSA) is 117 Å². The van der Waals surface area contributed by atoms with Gasteiger partial charge in [-0.3, -0.25) is 4.79 Å². The van der Waals surface area contributed by atoms with Crippen molar-refractivity contribution >= 4 is 12.5 Å². The Morgan fingerprint density at radius 2 is 1.71 bits per heavy atom. The zero-order valence-corrected chi connectivity index (χ0v) is 21.5. The van der Waals surface area contributed by atoms with Crippen molar-refractivity contribution in [1.29, 1.82) is 0 Å². The van der Waals surface area contributed by atoms with Gasteiger partial charge in [0.25, 0.3) is 0 Å². The van der Waals surface area contributed by atoms with Crippen LogP contribution in [0.2, 0.25) is 0 Å². The number of amides is 2. The summed E-state index contributed by atoms with van der Waals surface area (Å²) < 4.78 is 5.27. The maximum Gasteiger partial charge on any atom is 0.407 e. The third kappa shape index (κ3) is 14.1. The standard InChI is InChI=1S/C26H38N4O3.CH4O/c1-26(2,3)33-25(32)29-18-23-11-7-10-22(16-23)17-24(27)12-13-28-14-15-30(20-31)19-21-8-5-4-6-9-21;1-2/h4-11,16,20,24,28H,12-15,17-19,27H2,1-3H3,(H,29,32);2H,1H3/t24-;/m1./s1. The monoisotopic (exact) mass is 486 g/mol. The van der Waals surface area contributed by atoms with E-state index < -0.39 is 11.7 Å². The van der Waals surface area contributed by atoms with Gasteiger partial charge in [-0.15, -0.1) is 0 Å². The van der Waals surface area contributed by atoms with E-state index in [4.69, 9.17) is 15.6 Å². The fraction of sp³-hybridized carbons (Fsp3) is 0.481. The van der Waals surface area contributed by atoms with Crippen LogP contribution in [0.3, 0.4) is 0 Å². The van der Waals surface area contributed by atoms with Crippen LogP contribution >= 0.6 is 0 Å². The van der Waals surface area contributed by atoms with E-state index in [-0.39, 0.29) is 6.04 Å². The van der Waals surface area contributed by atoms with Crippen LogP contribution in [-0.4, -0.2) is 60.9 Å². The highest BCUT2D eigenvalue weighted by Crippen LogP contribution is 2.10. The largest absolute Gasteiger partial charge is 0.444 e. The maximum atomic E-state index is 11.8. The van der Waals surface area contributed by atoms with Crippen LogP contribution in [0, 0.1) is 0 Å². The number of hydrogen-bond acceptors (Lipinski definition) is 6. The molecule has 35 heavy (non-hydrogen) atoms. The molecule has 2 amide bonds. The van der Waals surface area contributed by atoms with Crippen molar-refractivity contribution in [3.8, 4) is 0 Å². The van der Waals surface area contributed by atoms with Gasteiger partial charge in [0.1, 0.15) is 5.60 Å². The van der Waals surface area contributed by atoms with E-state index in [1.165, 1.54) is 0 Å². The van der Waals surface area contributed by atoms with Crippen molar-refractivity contribution in [1.82, 2.24) is 15.5 Å². The quantitative estimate of drug-likeness (QED) is 0.256. The molecule has 0 spiro atoms. The van der Waals surface area contributed by atoms with Crippen LogP contribution in [0.1, 0.15) is 43.9 Å². The highest BCUT2D eigenvalue weighted by Gasteiger charge is 2.15. The molecule has 0 saturated carbocycles. The summed E-state index contributed by atoms with van der Waals surface area (Å²) in [5.41, 5.74) is 9.08. The number of nitrogens with zero attached hydrogens (tertiary/aromatic N) is 1. The number of alkyl carbamates (subject to hydrolysis) is 1. The molecule has 1 atom stereocenters. The molecular weight excluding hydrogens is 444 g/mol. The van der Waals surface area contributed by atoms with E-state index in [2.05, 4.69) is 22.8 Å². The Morgan fingerprint density at radius 1 is 1.06 bits per heavy atom. The van der Waals surface area contributed by atoms with E-state index in [1.54, 1.807) is 4.90 Å². The predicted molar refractivity (Wildman–Crippen MR) is 140 cm³/mol. The highest BCUT2D eigenvalue weighted by molar-refractivity contribution is 5.67. The van der Waals surface area contributed by atoms with Crippen molar-refractivity contribution in [2.45, 2.75) is 58.3 Å². The van der Waals surface area contributed by atoms with Crippen LogP contribution in [0.4, 0.5) is 4.79 Å². The molecule has 0 aliphatic rings. The Labute approximate surface area is 209 Å². The molecule has 2 aromatic rings. The van der Waals surface area contributed by atoms with Gasteiger partial charge in [0.2, 0.25) is 6.41 Å². The fourth-order valence-electron chi connectivity index (χ4n) is 3.38. The Balaban J connectivity index is 0.00000298. The fourth-order valence-corrected chi connectivity index (χ4v) is 3.38. The highest BCUT2D eigenvalue weighted by atomic mass is 16.6. The van der Waals surface area contributed by atoms with Crippen LogP contribution in [0.25, 0.3) is 0 Å². The van der Waals surface area contributed by atoms with Gasteiger partial charge in [0, 0.05) is 39.3 Å². The molecule has 0 bridgehead atoms. The number of carbonyl (C=O) groups excluding carboxylic acids is 2. The number of aliphatic hydroxyl groups is 1. The summed E-state index contributed by atoms with van der Waals surface area (Å²) in [5, 5.41) is 13.2. The Bertz CT molecular complexity index is 856. The number of carbonyl (C=O) groups is 2. The minimum Gasteiger partial charge on any atom is -0.444 e. The van der Waals surface area contributed by atoms with Gasteiger partial charge in [0.15, 0.2) is 0 Å². The predicted octanol–water partition coefficient (Wildman–Crippen LogP) is 2.83. The van der Waals surface area contributed by atoms with E-state index in [1.807, 2.05) is 63.2 Å². The van der Waals surface area contributed by atoms with Crippen molar-refractivity contribution in [3.05, 3.63) is 71.3 Å². The Morgan fingerprint density at radius 3 is 2.37 bits per heavy atom. The second-order valence-corrected chi connectivity index (χ2v) is 9.24. The number of benzene rings is 2. The normalized spacial score (nSPS) is 11.6. The van der Waals surface area contributed by atoms with E-state index in [0.717, 1.165) is 56.1 Å². The number of hydrogen-bond donors (Lipinski definition) is 4. The third-order valence-electron chi connectivity index (χ3n) is 4.97. The lowest BCUT2D eigenvalue weighted by molar-refractivity contribution is -0.118. The number of nitrogens with one attached hydrogen (secondary N) is 2. The lowest BCUT2D eigenvalue weighted by Crippen LogP contribution is -2.34. The van der Waals surface area contributed by atoms with Crippen molar-refractivity contribution in [2.24, 2.45) is 5.73 Å². The number of aliphatic hydroxyl groups excluding tert-OH is 1. The first-order chi connectivity index (χ1) is 16.7. The first-order valence-electron chi connectivity index (χ1n) is 11.9. The second-order valence-electron chi connectivity index (χ2n) is 9.24. The molecule has 2 aromatic carbocycles. The summed E-state index contributed by atoms with van der Waals surface area (Å²) in [6.45, 7) is 8.72. The molecule has 0 aromatic heterocycles. The first kappa shape index (κ1) is 30.1. The molecule has 8 nitrogen and oxygen atoms in total. The summed E-state index contributed by atoms with van der Waals surface area (Å²) in [4.78, 5) is 24.9. The average Bonchev–Trinajstić information content (AvgIpc) is 2.83. The molecule has 0 aliphatic carbocycles. The molecule has 0 unspecified atom stereocenters. The molecule has 0 saturated heterocycles. The summed E-state index contributed by atoms with van der Waals surface area (Å²) in [5.74, 6) is 0. The van der Waals surface area contributed by atoms with Crippen LogP contribution in [0.15, 0.2) is 54.6 Å². The summed E-state index contributed by atoms with van der Waals surface area (Å²) in [6, 6.07) is 18.1. The van der Waals surface area contributed by atoms with Gasteiger partial charge in [-0.05, 0) is 56.8 Å². The molecule has 0 aliphatic heterocycles. The SMILES string of the molecule is CC(C)(C)OC(=O)NCc1cccc(C[C@H](N)CCNCCN(C=O)Cc2ccccc2)c1.CO. The van der Waals surface area contributed by atoms with Crippen LogP contribution < -0.4 is 16.4 Å². The molecule has 2 rings (SSSR count). The van der Waals surface area contributed by atoms with E-state index >= 15 is 0 Å². The number of nitrogens with two attached hydrogens (primary N) is 1. The number of ether oxygens (including phenoxy) is 1. The van der Waals surface area contributed by atoms with Gasteiger partial charge >= 0.3 is 6.09 Å². The van der Waals surface area contributed by atoms with Gasteiger partial charge in [-0.1, -0.05) is 54.6 Å². The summed E-state index contributed by atoms with van der Waals surface area (Å²) in [6.07, 6.45) is 2.06. The first-order valence-corrected chi connectivity index (χ1v) is 11.9. The molecule has 0 fully saturated rings. The molecule has 5 N–H and O–H groups in total. The van der Waals surface area contributed by atoms with Gasteiger partial charge in [-0.25, -0.2) is 4.79 Å². The molecular formula is C27H42N4O4. The molecule has 0 heterocycles. The molecule has 194 valence electrons. The van der Waals surface area contributed by atoms with Crippen LogP contribution in [0.5, 0.6) is 0 Å². The Hall–Kier alpha value is -2.94. The third-order valence-corrected chi connectivity index (χ3v) is 4.97. The summed E-state index contributed by atoms with van der Waals surface area (Å²) in [7, 11) is 1.00. The minimum atomic E-state index is -0.514. The van der Waals surface area contributed by atoms with Crippen LogP contribution in [-0.2, 0) is 29.0 Å². The minimum absolute atomic E-state index is 0.0260. The van der Waals surface area contributed by atoms with Gasteiger partial charge in [0.05, 0.1) is 0 Å². The summed E-state index contributed by atoms with van der Waals surface area (Å²) >= 11 is 0. The molecule has 8 heteroatoms. The van der Waals surface area contributed by atoms with Gasteiger partial charge in [-0.2, -0.15) is 0 Å². The molecule has 0 radical (unpaired) electrons. The van der Waals surface area contributed by atoms with E-state index in [9.17, 15) is 9.59 Å². The zero-order valence-electron chi connectivity index (χ0n) is 21.5. The van der Waals surface area contributed by atoms with E-state index in [0.29, 0.717) is 19.6 Å². The average molecular weight is 487 g/mol. The van der Waals surface area contributed by atoms with Gasteiger partial charge < -0.3 is 31.1 Å². The van der Waals surface area contributed by atoms with Crippen molar-refractivity contribution < 1.29 is 19.4 Å². The Kier molecular flexibility index (Phi) is 14.3. The number of rotatable bonds is 13. The van der Waals surface area contributed by atoms with Crippen molar-refractivity contribution in [3.63, 3.8) is 0 Å². The maximum absolute atomic E-state index is 11.8.